The van der Waals surface area contributed by atoms with E-state index in [9.17, 15) is 84.3 Å². The molecular weight excluding hydrogens is 1380 g/mol. The second-order valence-corrected chi connectivity index (χ2v) is 25.2. The normalized spacial score (nSPS) is 25.6. The third kappa shape index (κ3) is 37.4. The Kier molecular flexibility index (Phi) is 47.4. The van der Waals surface area contributed by atoms with Gasteiger partial charge in [-0.15, -0.1) is 0 Å². The van der Waals surface area contributed by atoms with Crippen LogP contribution < -0.4 is 37.2 Å². The quantitative estimate of drug-likeness (QED) is 0.0252. The minimum absolute atomic E-state index is 0.00668. The molecule has 39 nitrogen and oxygen atoms in total. The van der Waals surface area contributed by atoms with E-state index >= 15 is 0 Å². The Morgan fingerprint density at radius 3 is 0.942 bits per heavy atom. The molecule has 0 radical (unpaired) electrons. The van der Waals surface area contributed by atoms with Crippen LogP contribution in [0.3, 0.4) is 0 Å². The molecule has 3 rings (SSSR count). The maximum Gasteiger partial charge on any atom is 0.246 e. The van der Waals surface area contributed by atoms with Crippen LogP contribution in [-0.2, 0) is 109 Å². The number of nitrogens with one attached hydrogen (secondary N) is 7. The van der Waals surface area contributed by atoms with Gasteiger partial charge in [0.05, 0.1) is 145 Å². The molecule has 39 heteroatoms. The molecule has 3 heterocycles. The molecule has 3 saturated heterocycles. The molecule has 8 unspecified atom stereocenters. The number of ether oxygens (including phenoxy) is 15. The Hall–Kier alpha value is -5.00. The monoisotopic (exact) mass is 1490 g/mol. The van der Waals surface area contributed by atoms with E-state index in [0.29, 0.717) is 25.7 Å². The van der Waals surface area contributed by atoms with Gasteiger partial charge in [0.15, 0.2) is 24.7 Å². The lowest BCUT2D eigenvalue weighted by atomic mass is 9.84. The van der Waals surface area contributed by atoms with Crippen molar-refractivity contribution in [2.24, 2.45) is 5.41 Å². The first-order valence-corrected chi connectivity index (χ1v) is 34.6. The highest BCUT2D eigenvalue weighted by molar-refractivity contribution is 5.95. The van der Waals surface area contributed by atoms with Crippen molar-refractivity contribution in [3.63, 3.8) is 0 Å². The fraction of sp³-hybridized carbons (Fsp3) is 0.875. The molecule has 103 heavy (non-hydrogen) atoms. The van der Waals surface area contributed by atoms with Gasteiger partial charge in [-0.3, -0.25) is 38.4 Å². The number of aliphatic hydroxyl groups excluding tert-OH is 9. The molecule has 3 aliphatic heterocycles. The Morgan fingerprint density at radius 2 is 0.650 bits per heavy atom. The first-order valence-electron chi connectivity index (χ1n) is 34.6. The van der Waals surface area contributed by atoms with E-state index in [1.165, 1.54) is 20.8 Å². The highest BCUT2D eigenvalue weighted by atomic mass is 16.7. The molecule has 3 aliphatic rings. The van der Waals surface area contributed by atoms with E-state index in [2.05, 4.69) is 37.2 Å². The van der Waals surface area contributed by atoms with Crippen molar-refractivity contribution < 1.29 is 155 Å². The summed E-state index contributed by atoms with van der Waals surface area (Å²) >= 11 is 0. The number of aliphatic hydroxyl groups is 9. The molecule has 0 spiro atoms. The van der Waals surface area contributed by atoms with Crippen LogP contribution in [0.1, 0.15) is 80.1 Å². The number of carbonyl (C=O) groups excluding carboxylic acids is 8. The molecule has 598 valence electrons. The van der Waals surface area contributed by atoms with E-state index in [0.717, 1.165) is 0 Å². The number of amides is 7. The molecule has 0 aromatic carbocycles. The average Bonchev–Trinajstić information content (AvgIpc) is 0.823. The highest BCUT2D eigenvalue weighted by Gasteiger charge is 2.48. The molecule has 16 N–H and O–H groups in total. The van der Waals surface area contributed by atoms with Gasteiger partial charge in [0.2, 0.25) is 41.4 Å². The number of carbonyl (C=O) groups is 8. The minimum atomic E-state index is -1.46. The lowest BCUT2D eigenvalue weighted by molar-refractivity contribution is -0.272. The molecule has 0 bridgehead atoms. The lowest BCUT2D eigenvalue weighted by Gasteiger charge is -2.42. The molecule has 7 amide bonds. The lowest BCUT2D eigenvalue weighted by Crippen LogP contribution is -2.64. The second-order valence-electron chi connectivity index (χ2n) is 25.2. The molecule has 0 saturated carbocycles. The first kappa shape index (κ1) is 92.2. The van der Waals surface area contributed by atoms with Gasteiger partial charge in [0.1, 0.15) is 98.9 Å². The smallest absolute Gasteiger partial charge is 0.246 e. The van der Waals surface area contributed by atoms with Gasteiger partial charge < -0.3 is 154 Å². The van der Waals surface area contributed by atoms with Gasteiger partial charge >= 0.3 is 0 Å². The predicted octanol–water partition coefficient (Wildman–Crippen LogP) is -7.83. The summed E-state index contributed by atoms with van der Waals surface area (Å²) in [6, 6.07) is -5.36. The third-order valence-corrected chi connectivity index (χ3v) is 15.7. The summed E-state index contributed by atoms with van der Waals surface area (Å²) in [5.74, 6) is -3.79. The van der Waals surface area contributed by atoms with Gasteiger partial charge in [-0.25, -0.2) is 0 Å². The molecular formula is C64H115N7O32. The zero-order valence-electron chi connectivity index (χ0n) is 59.9. The summed E-state index contributed by atoms with van der Waals surface area (Å²) in [4.78, 5) is 101. The van der Waals surface area contributed by atoms with Crippen molar-refractivity contribution in [3.05, 3.63) is 0 Å². The summed E-state index contributed by atoms with van der Waals surface area (Å²) in [7, 11) is 0. The summed E-state index contributed by atoms with van der Waals surface area (Å²) in [5.41, 5.74) is -0.879. The number of hydrogen-bond donors (Lipinski definition) is 16. The SMILES string of the molecule is CC(=O)NC1[C@H](OCCOCCOCCOCC(=O)NCCCCC(NC(=O)COCCOCCOCCO[C@@H]2OC(CO)[C@H](O)[C@H](O)C2NC(C)=O)C(=O)NC(CCCCNC(=O)COCCOCCOCCO[C@@H]2OC(CO)[C@H](O)[C@H](O)C2NC(C)=O)C(=O)C(C)(C)C)OC(CO)[C@H](O)[C@@H]1O. The fourth-order valence-corrected chi connectivity index (χ4v) is 10.4. The summed E-state index contributed by atoms with van der Waals surface area (Å²) < 4.78 is 82.7. The van der Waals surface area contributed by atoms with E-state index in [1.807, 2.05) is 0 Å². The Bertz CT molecular complexity index is 2410. The van der Waals surface area contributed by atoms with Crippen LogP contribution >= 0.6 is 0 Å². The Morgan fingerprint density at radius 1 is 0.369 bits per heavy atom. The van der Waals surface area contributed by atoms with Crippen molar-refractivity contribution in [3.8, 4) is 0 Å². The van der Waals surface area contributed by atoms with Gasteiger partial charge in [0, 0.05) is 39.3 Å². The van der Waals surface area contributed by atoms with Crippen LogP contribution in [-0.4, -0.2) is 369 Å². The Labute approximate surface area is 599 Å². The number of ketones is 1. The summed E-state index contributed by atoms with van der Waals surface area (Å²) in [5, 5.41) is 109. The topological polar surface area (TPSA) is 541 Å². The molecule has 3 fully saturated rings. The fourth-order valence-electron chi connectivity index (χ4n) is 10.4. The largest absolute Gasteiger partial charge is 0.394 e. The maximum absolute atomic E-state index is 14.1. The Balaban J connectivity index is 1.40. The van der Waals surface area contributed by atoms with Crippen molar-refractivity contribution in [2.45, 2.75) is 184 Å². The summed E-state index contributed by atoms with van der Waals surface area (Å²) in [6.45, 7) is 8.20. The van der Waals surface area contributed by atoms with Crippen LogP contribution in [0.2, 0.25) is 0 Å². The third-order valence-electron chi connectivity index (χ3n) is 15.7. The number of rotatable bonds is 56. The number of unbranched alkanes of at least 4 members (excludes halogenated alkanes) is 2. The zero-order chi connectivity index (χ0) is 76.1. The second kappa shape index (κ2) is 52.9. The number of hydrogen-bond acceptors (Lipinski definition) is 32. The maximum atomic E-state index is 14.1. The van der Waals surface area contributed by atoms with E-state index in [4.69, 9.17) is 71.1 Å². The number of Topliss-reactive ketones (excluding diaryl/α,β-unsaturated/α-hetero) is 1. The summed E-state index contributed by atoms with van der Waals surface area (Å²) in [6.07, 6.45) is -13.7. The van der Waals surface area contributed by atoms with Crippen LogP contribution in [0.4, 0.5) is 0 Å². The minimum Gasteiger partial charge on any atom is -0.394 e. The van der Waals surface area contributed by atoms with Crippen LogP contribution in [0, 0.1) is 5.41 Å². The molecule has 0 aromatic heterocycles. The van der Waals surface area contributed by atoms with E-state index < -0.39 is 171 Å². The predicted molar refractivity (Wildman–Crippen MR) is 353 cm³/mol. The highest BCUT2D eigenvalue weighted by Crippen LogP contribution is 2.26. The zero-order valence-corrected chi connectivity index (χ0v) is 59.9. The molecule has 0 aromatic rings. The average molecular weight is 1490 g/mol. The van der Waals surface area contributed by atoms with Crippen molar-refractivity contribution in [2.75, 3.05) is 172 Å². The van der Waals surface area contributed by atoms with Crippen molar-refractivity contribution in [1.29, 1.82) is 0 Å². The van der Waals surface area contributed by atoms with E-state index in [1.54, 1.807) is 20.8 Å². The van der Waals surface area contributed by atoms with Crippen molar-refractivity contribution >= 4 is 47.1 Å². The van der Waals surface area contributed by atoms with Crippen molar-refractivity contribution in [1.82, 2.24) is 37.2 Å². The molecule has 17 atom stereocenters. The molecule has 0 aliphatic carbocycles. The van der Waals surface area contributed by atoms with Crippen LogP contribution in [0.15, 0.2) is 0 Å². The standard InChI is InChI=1S/C64H115N7O32/c1-39(75)67-50-56(84)53(81)44(33-72)101-61(50)98-30-27-92-18-15-89-21-24-95-36-47(78)65-13-9-7-11-42(59(87)64(4,5)6)71-60(88)43(70-49(80)38-97-26-23-91-17-20-94-29-32-100-63-52(69-41(3)77)58(86)55(83)46(35-74)103-63)12-8-10-14-66-48(79)37-96-25-22-90-16-19-93-28-31-99-62-51(68-40(2)76)57(85)54(82)45(34-73)102-62/h42-46,50-58,61-63,72-74,81-86H,7-38H2,1-6H3,(H,65,78)(H,66,79)(H,67,75)(H,68,76)(H,69,77)(H,70,80)(H,71,88)/t42?,43?,44?,45?,46?,50?,51?,52?,53-,54-,55-,56+,57+,58+,61+,62+,63+/m0/s1. The van der Waals surface area contributed by atoms with E-state index in [-0.39, 0.29) is 170 Å². The first-order chi connectivity index (χ1) is 49.2. The van der Waals surface area contributed by atoms with Gasteiger partial charge in [-0.05, 0) is 38.5 Å². The van der Waals surface area contributed by atoms with Crippen LogP contribution in [0.25, 0.3) is 0 Å². The van der Waals surface area contributed by atoms with Gasteiger partial charge in [-0.1, -0.05) is 20.8 Å². The van der Waals surface area contributed by atoms with Crippen LogP contribution in [0.5, 0.6) is 0 Å². The van der Waals surface area contributed by atoms with Gasteiger partial charge in [-0.2, -0.15) is 0 Å². The van der Waals surface area contributed by atoms with Gasteiger partial charge in [0.25, 0.3) is 0 Å².